The number of carboxylic acids is 1. The molecule has 0 fully saturated rings. The molecule has 0 aromatic heterocycles. The van der Waals surface area contributed by atoms with Gasteiger partial charge in [-0.2, -0.15) is 0 Å². The standard InChI is InChI=1S/C9H10.C8H8.C3H4O2/c1-8(2)9-6-4-3-5-7-9;1-2-8-6-4-3-5-7-8;1-2-3(4)5/h3-7H,1H2,2H3;2-7H,1H2;2H,1H2,(H,4,5). The summed E-state index contributed by atoms with van der Waals surface area (Å²) in [5, 5.41) is 7.60. The molecular weight excluding hydrogens is 272 g/mol. The predicted octanol–water partition coefficient (Wildman–Crippen LogP) is 5.31. The van der Waals surface area contributed by atoms with Crippen LogP contribution in [0.3, 0.4) is 0 Å². The zero-order valence-electron chi connectivity index (χ0n) is 12.9. The Balaban J connectivity index is 0.000000315. The fourth-order valence-electron chi connectivity index (χ4n) is 1.31. The molecule has 0 spiro atoms. The first-order valence-electron chi connectivity index (χ1n) is 6.75. The van der Waals surface area contributed by atoms with Crippen molar-refractivity contribution in [3.63, 3.8) is 0 Å². The quantitative estimate of drug-likeness (QED) is 0.779. The third-order valence-electron chi connectivity index (χ3n) is 2.48. The fourth-order valence-corrected chi connectivity index (χ4v) is 1.31. The Morgan fingerprint density at radius 2 is 1.36 bits per heavy atom. The molecule has 0 heterocycles. The van der Waals surface area contributed by atoms with Crippen LogP contribution in [0.5, 0.6) is 0 Å². The van der Waals surface area contributed by atoms with Gasteiger partial charge in [-0.15, -0.1) is 0 Å². The van der Waals surface area contributed by atoms with Gasteiger partial charge in [0.25, 0.3) is 0 Å². The lowest BCUT2D eigenvalue weighted by molar-refractivity contribution is -0.131. The second-order valence-corrected chi connectivity index (χ2v) is 4.30. The van der Waals surface area contributed by atoms with E-state index in [1.807, 2.05) is 61.5 Å². The van der Waals surface area contributed by atoms with Crippen LogP contribution in [0.2, 0.25) is 0 Å². The van der Waals surface area contributed by atoms with E-state index in [9.17, 15) is 4.79 Å². The Kier molecular flexibility index (Phi) is 10.4. The summed E-state index contributed by atoms with van der Waals surface area (Å²) in [6.45, 7) is 12.4. The van der Waals surface area contributed by atoms with Crippen molar-refractivity contribution in [3.05, 3.63) is 97.6 Å². The van der Waals surface area contributed by atoms with Crippen LogP contribution in [-0.2, 0) is 4.79 Å². The zero-order chi connectivity index (χ0) is 16.8. The number of hydrogen-bond acceptors (Lipinski definition) is 1. The highest BCUT2D eigenvalue weighted by atomic mass is 16.4. The Morgan fingerprint density at radius 1 is 0.955 bits per heavy atom. The molecule has 2 heteroatoms. The molecule has 0 aliphatic carbocycles. The van der Waals surface area contributed by atoms with E-state index in [4.69, 9.17) is 5.11 Å². The van der Waals surface area contributed by atoms with E-state index in [0.29, 0.717) is 0 Å². The Hall–Kier alpha value is -2.87. The van der Waals surface area contributed by atoms with E-state index in [2.05, 4.69) is 31.9 Å². The van der Waals surface area contributed by atoms with E-state index in [1.165, 1.54) is 11.1 Å². The number of aliphatic carboxylic acids is 1. The summed E-state index contributed by atoms with van der Waals surface area (Å²) in [6, 6.07) is 20.2. The maximum absolute atomic E-state index is 9.25. The minimum Gasteiger partial charge on any atom is -0.478 e. The summed E-state index contributed by atoms with van der Waals surface area (Å²) in [5.74, 6) is -0.981. The molecule has 2 rings (SSSR count). The van der Waals surface area contributed by atoms with Crippen LogP contribution in [0.4, 0.5) is 0 Å². The third kappa shape index (κ3) is 9.98. The summed E-state index contributed by atoms with van der Waals surface area (Å²) in [7, 11) is 0. The minimum atomic E-state index is -0.981. The predicted molar refractivity (Wildman–Crippen MR) is 95.5 cm³/mol. The Bertz CT molecular complexity index is 584. The highest BCUT2D eigenvalue weighted by Gasteiger charge is 1.86. The molecule has 0 radical (unpaired) electrons. The molecule has 0 amide bonds. The van der Waals surface area contributed by atoms with Gasteiger partial charge in [-0.25, -0.2) is 4.79 Å². The molecule has 0 unspecified atom stereocenters. The first-order chi connectivity index (χ1) is 10.5. The number of allylic oxidation sites excluding steroid dienone is 1. The number of hydrogen-bond donors (Lipinski definition) is 1. The number of rotatable bonds is 3. The van der Waals surface area contributed by atoms with Crippen LogP contribution in [-0.4, -0.2) is 11.1 Å². The van der Waals surface area contributed by atoms with Crippen molar-refractivity contribution in [2.45, 2.75) is 6.92 Å². The molecule has 114 valence electrons. The normalized spacial score (nSPS) is 8.23. The Morgan fingerprint density at radius 3 is 1.59 bits per heavy atom. The summed E-state index contributed by atoms with van der Waals surface area (Å²) >= 11 is 0. The van der Waals surface area contributed by atoms with E-state index in [-0.39, 0.29) is 0 Å². The monoisotopic (exact) mass is 294 g/mol. The molecule has 0 aliphatic heterocycles. The van der Waals surface area contributed by atoms with Gasteiger partial charge in [0, 0.05) is 6.08 Å². The number of benzene rings is 2. The minimum absolute atomic E-state index is 0.833. The summed E-state index contributed by atoms with van der Waals surface area (Å²) in [4.78, 5) is 9.25. The van der Waals surface area contributed by atoms with Crippen molar-refractivity contribution < 1.29 is 9.90 Å². The van der Waals surface area contributed by atoms with Crippen molar-refractivity contribution in [2.75, 3.05) is 0 Å². The van der Waals surface area contributed by atoms with Gasteiger partial charge in [0.15, 0.2) is 0 Å². The molecule has 22 heavy (non-hydrogen) atoms. The van der Waals surface area contributed by atoms with Crippen LogP contribution >= 0.6 is 0 Å². The maximum Gasteiger partial charge on any atom is 0.327 e. The van der Waals surface area contributed by atoms with Gasteiger partial charge in [0.05, 0.1) is 0 Å². The van der Waals surface area contributed by atoms with Crippen LogP contribution in [0.15, 0.2) is 86.5 Å². The number of carboxylic acid groups (broad SMARTS) is 1. The topological polar surface area (TPSA) is 37.3 Å². The van der Waals surface area contributed by atoms with Crippen LogP contribution in [0.1, 0.15) is 18.1 Å². The summed E-state index contributed by atoms with van der Waals surface area (Å²) < 4.78 is 0. The van der Waals surface area contributed by atoms with Gasteiger partial charge in [0.2, 0.25) is 0 Å². The van der Waals surface area contributed by atoms with Crippen molar-refractivity contribution in [2.24, 2.45) is 0 Å². The van der Waals surface area contributed by atoms with Crippen molar-refractivity contribution in [3.8, 4) is 0 Å². The molecule has 0 atom stereocenters. The van der Waals surface area contributed by atoms with Gasteiger partial charge >= 0.3 is 5.97 Å². The van der Waals surface area contributed by atoms with Crippen LogP contribution in [0.25, 0.3) is 11.6 Å². The first kappa shape index (κ1) is 19.1. The van der Waals surface area contributed by atoms with Crippen molar-refractivity contribution in [1.29, 1.82) is 0 Å². The second-order valence-electron chi connectivity index (χ2n) is 4.30. The lowest BCUT2D eigenvalue weighted by Crippen LogP contribution is -1.82. The molecule has 2 aromatic carbocycles. The van der Waals surface area contributed by atoms with Gasteiger partial charge < -0.3 is 5.11 Å². The van der Waals surface area contributed by atoms with Gasteiger partial charge in [0.1, 0.15) is 0 Å². The Labute approximate surface area is 132 Å². The average molecular weight is 294 g/mol. The molecule has 0 saturated heterocycles. The zero-order valence-corrected chi connectivity index (χ0v) is 12.9. The maximum atomic E-state index is 9.25. The fraction of sp³-hybridized carbons (Fsp3) is 0.0500. The highest BCUT2D eigenvalue weighted by molar-refractivity contribution is 5.78. The van der Waals surface area contributed by atoms with Crippen LogP contribution < -0.4 is 0 Å². The van der Waals surface area contributed by atoms with E-state index in [1.54, 1.807) is 0 Å². The molecule has 2 aromatic rings. The second kappa shape index (κ2) is 11.9. The van der Waals surface area contributed by atoms with Crippen LogP contribution in [0, 0.1) is 0 Å². The largest absolute Gasteiger partial charge is 0.478 e. The highest BCUT2D eigenvalue weighted by Crippen LogP contribution is 2.08. The van der Waals surface area contributed by atoms with E-state index >= 15 is 0 Å². The molecule has 2 nitrogen and oxygen atoms in total. The van der Waals surface area contributed by atoms with Gasteiger partial charge in [-0.1, -0.05) is 92.0 Å². The molecule has 0 bridgehead atoms. The third-order valence-corrected chi connectivity index (χ3v) is 2.48. The molecule has 0 aliphatic rings. The average Bonchev–Trinajstić information content (AvgIpc) is 2.57. The van der Waals surface area contributed by atoms with E-state index < -0.39 is 5.97 Å². The van der Waals surface area contributed by atoms with Crippen molar-refractivity contribution in [1.82, 2.24) is 0 Å². The SMILES string of the molecule is C=C(C)c1ccccc1.C=CC(=O)O.C=Cc1ccccc1. The van der Waals surface area contributed by atoms with Crippen molar-refractivity contribution >= 4 is 17.6 Å². The summed E-state index contributed by atoms with van der Waals surface area (Å²) in [5.41, 5.74) is 3.51. The summed E-state index contributed by atoms with van der Waals surface area (Å²) in [6.07, 6.45) is 2.67. The lowest BCUT2D eigenvalue weighted by Gasteiger charge is -1.94. The lowest BCUT2D eigenvalue weighted by atomic mass is 10.1. The molecule has 0 saturated carbocycles. The van der Waals surface area contributed by atoms with Gasteiger partial charge in [-0.3, -0.25) is 0 Å². The molecular formula is C20H22O2. The first-order valence-corrected chi connectivity index (χ1v) is 6.75. The molecule has 1 N–H and O–H groups in total. The van der Waals surface area contributed by atoms with Gasteiger partial charge in [-0.05, 0) is 18.1 Å². The van der Waals surface area contributed by atoms with E-state index in [0.717, 1.165) is 11.6 Å². The number of carbonyl (C=O) groups is 1. The smallest absolute Gasteiger partial charge is 0.327 e.